The van der Waals surface area contributed by atoms with Gasteiger partial charge in [-0.3, -0.25) is 4.79 Å². The van der Waals surface area contributed by atoms with Crippen LogP contribution >= 0.6 is 15.9 Å². The predicted octanol–water partition coefficient (Wildman–Crippen LogP) is 3.62. The van der Waals surface area contributed by atoms with Crippen LogP contribution in [0.5, 0.6) is 5.75 Å². The van der Waals surface area contributed by atoms with E-state index in [2.05, 4.69) is 48.9 Å². The molecule has 0 spiro atoms. The number of carbonyl (C=O) groups is 1. The number of rotatable bonds is 3. The van der Waals surface area contributed by atoms with Gasteiger partial charge in [-0.05, 0) is 29.0 Å². The minimum Gasteiger partial charge on any atom is -0.496 e. The molecule has 1 N–H and O–H groups in total. The van der Waals surface area contributed by atoms with Gasteiger partial charge in [0.1, 0.15) is 5.75 Å². The molecule has 1 fully saturated rings. The number of halogens is 1. The van der Waals surface area contributed by atoms with E-state index >= 15 is 0 Å². The number of nitrogens with one attached hydrogen (secondary N) is 1. The van der Waals surface area contributed by atoms with Crippen molar-refractivity contribution >= 4 is 21.8 Å². The number of benzene rings is 1. The van der Waals surface area contributed by atoms with Crippen molar-refractivity contribution in [2.24, 2.45) is 10.8 Å². The van der Waals surface area contributed by atoms with E-state index in [-0.39, 0.29) is 22.8 Å². The van der Waals surface area contributed by atoms with Crippen LogP contribution in [0.3, 0.4) is 0 Å². The van der Waals surface area contributed by atoms with Crippen molar-refractivity contribution in [1.29, 1.82) is 0 Å². The van der Waals surface area contributed by atoms with Gasteiger partial charge in [0, 0.05) is 10.5 Å². The van der Waals surface area contributed by atoms with Gasteiger partial charge in [-0.1, -0.05) is 43.6 Å². The summed E-state index contributed by atoms with van der Waals surface area (Å²) in [5, 5.41) is 3.11. The Morgan fingerprint density at radius 2 is 1.84 bits per heavy atom. The number of hydrogen-bond donors (Lipinski definition) is 1. The van der Waals surface area contributed by atoms with Crippen LogP contribution < -0.4 is 10.1 Å². The molecule has 19 heavy (non-hydrogen) atoms. The van der Waals surface area contributed by atoms with Gasteiger partial charge in [0.25, 0.3) is 5.91 Å². The van der Waals surface area contributed by atoms with Gasteiger partial charge in [-0.2, -0.15) is 0 Å². The Morgan fingerprint density at radius 3 is 2.32 bits per heavy atom. The Bertz CT molecular complexity index is 509. The van der Waals surface area contributed by atoms with Crippen molar-refractivity contribution < 1.29 is 9.53 Å². The molecule has 1 aromatic carbocycles. The fraction of sp³-hybridized carbons (Fsp3) is 0.533. The largest absolute Gasteiger partial charge is 0.496 e. The van der Waals surface area contributed by atoms with Gasteiger partial charge in [-0.25, -0.2) is 0 Å². The molecule has 0 radical (unpaired) electrons. The first-order valence-electron chi connectivity index (χ1n) is 6.36. The van der Waals surface area contributed by atoms with Crippen LogP contribution in [-0.4, -0.2) is 19.1 Å². The maximum absolute atomic E-state index is 12.4. The van der Waals surface area contributed by atoms with Crippen molar-refractivity contribution in [3.63, 3.8) is 0 Å². The Hall–Kier alpha value is -1.03. The summed E-state index contributed by atoms with van der Waals surface area (Å²) in [4.78, 5) is 12.4. The fourth-order valence-corrected chi connectivity index (χ4v) is 2.98. The van der Waals surface area contributed by atoms with E-state index in [9.17, 15) is 4.79 Å². The molecule has 1 saturated carbocycles. The molecule has 0 aliphatic heterocycles. The van der Waals surface area contributed by atoms with E-state index in [4.69, 9.17) is 4.74 Å². The maximum Gasteiger partial charge on any atom is 0.255 e. The number of hydrogen-bond acceptors (Lipinski definition) is 2. The van der Waals surface area contributed by atoms with Crippen LogP contribution in [0.4, 0.5) is 0 Å². The van der Waals surface area contributed by atoms with E-state index in [0.717, 1.165) is 4.47 Å². The molecular formula is C15H20BrNO2. The summed E-state index contributed by atoms with van der Waals surface area (Å²) in [5.41, 5.74) is 0.819. The molecule has 1 aliphatic carbocycles. The monoisotopic (exact) mass is 325 g/mol. The Labute approximate surface area is 122 Å². The minimum absolute atomic E-state index is 0.0817. The average Bonchev–Trinajstić information content (AvgIpc) is 2.71. The highest BCUT2D eigenvalue weighted by atomic mass is 79.9. The second kappa shape index (κ2) is 4.51. The Balaban J connectivity index is 2.20. The summed E-state index contributed by atoms with van der Waals surface area (Å²) in [6.45, 7) is 8.71. The molecule has 0 bridgehead atoms. The first kappa shape index (κ1) is 14.4. The molecule has 104 valence electrons. The molecule has 1 aliphatic rings. The molecule has 4 heteroatoms. The van der Waals surface area contributed by atoms with Crippen molar-refractivity contribution in [3.8, 4) is 5.75 Å². The van der Waals surface area contributed by atoms with Crippen LogP contribution in [0.15, 0.2) is 22.7 Å². The van der Waals surface area contributed by atoms with E-state index in [1.54, 1.807) is 19.2 Å². The quantitative estimate of drug-likeness (QED) is 0.921. The van der Waals surface area contributed by atoms with Crippen LogP contribution in [0.2, 0.25) is 0 Å². The summed E-state index contributed by atoms with van der Waals surface area (Å²) in [6, 6.07) is 5.63. The lowest BCUT2D eigenvalue weighted by atomic mass is 10.0. The average molecular weight is 326 g/mol. The maximum atomic E-state index is 12.4. The Morgan fingerprint density at radius 1 is 1.26 bits per heavy atom. The second-order valence-electron chi connectivity index (χ2n) is 6.19. The third kappa shape index (κ3) is 2.27. The van der Waals surface area contributed by atoms with Gasteiger partial charge >= 0.3 is 0 Å². The number of methoxy groups -OCH3 is 1. The second-order valence-corrected chi connectivity index (χ2v) is 7.11. The van der Waals surface area contributed by atoms with Crippen LogP contribution in [0.1, 0.15) is 38.1 Å². The zero-order valence-corrected chi connectivity index (χ0v) is 13.6. The topological polar surface area (TPSA) is 38.3 Å². The van der Waals surface area contributed by atoms with Crippen molar-refractivity contribution in [1.82, 2.24) is 5.32 Å². The van der Waals surface area contributed by atoms with Crippen molar-refractivity contribution in [2.45, 2.75) is 33.7 Å². The van der Waals surface area contributed by atoms with E-state index in [1.807, 2.05) is 6.07 Å². The third-order valence-electron chi connectivity index (χ3n) is 4.70. The van der Waals surface area contributed by atoms with Crippen LogP contribution in [0, 0.1) is 10.8 Å². The van der Waals surface area contributed by atoms with E-state index in [1.165, 1.54) is 0 Å². The van der Waals surface area contributed by atoms with Gasteiger partial charge < -0.3 is 10.1 Å². The molecule has 0 heterocycles. The SMILES string of the molecule is COc1ccc(Br)cc1C(=O)NC1C(C)(C)C1(C)C. The molecule has 3 nitrogen and oxygen atoms in total. The first-order chi connectivity index (χ1) is 8.71. The number of ether oxygens (including phenoxy) is 1. The zero-order valence-electron chi connectivity index (χ0n) is 12.0. The van der Waals surface area contributed by atoms with Crippen molar-refractivity contribution in [2.75, 3.05) is 7.11 Å². The summed E-state index contributed by atoms with van der Waals surface area (Å²) in [5.74, 6) is 0.513. The summed E-state index contributed by atoms with van der Waals surface area (Å²) >= 11 is 3.38. The molecule has 0 unspecified atom stereocenters. The summed E-state index contributed by atoms with van der Waals surface area (Å²) in [6.07, 6.45) is 0. The van der Waals surface area contributed by atoms with Crippen LogP contribution in [0.25, 0.3) is 0 Å². The van der Waals surface area contributed by atoms with E-state index in [0.29, 0.717) is 11.3 Å². The normalized spacial score (nSPS) is 19.9. The molecule has 1 amide bonds. The standard InChI is InChI=1S/C15H20BrNO2/c1-14(2)13(15(14,3)4)17-12(18)10-8-9(16)6-7-11(10)19-5/h6-8,13H,1-5H3,(H,17,18). The zero-order chi connectivity index (χ0) is 14.4. The molecular weight excluding hydrogens is 306 g/mol. The van der Waals surface area contributed by atoms with Gasteiger partial charge in [0.05, 0.1) is 12.7 Å². The molecule has 0 aromatic heterocycles. The lowest BCUT2D eigenvalue weighted by Crippen LogP contribution is -2.30. The van der Waals surface area contributed by atoms with E-state index < -0.39 is 0 Å². The number of carbonyl (C=O) groups excluding carboxylic acids is 1. The number of amides is 1. The highest BCUT2D eigenvalue weighted by Gasteiger charge is 2.65. The first-order valence-corrected chi connectivity index (χ1v) is 7.15. The molecule has 1 aromatic rings. The van der Waals surface area contributed by atoms with Gasteiger partial charge in [0.15, 0.2) is 0 Å². The summed E-state index contributed by atoms with van der Waals surface area (Å²) < 4.78 is 6.11. The van der Waals surface area contributed by atoms with Crippen LogP contribution in [-0.2, 0) is 0 Å². The lowest BCUT2D eigenvalue weighted by Gasteiger charge is -2.11. The summed E-state index contributed by atoms with van der Waals surface area (Å²) in [7, 11) is 1.57. The minimum atomic E-state index is -0.0817. The highest BCUT2D eigenvalue weighted by molar-refractivity contribution is 9.10. The highest BCUT2D eigenvalue weighted by Crippen LogP contribution is 2.62. The smallest absolute Gasteiger partial charge is 0.255 e. The molecule has 0 atom stereocenters. The Kier molecular flexibility index (Phi) is 3.42. The van der Waals surface area contributed by atoms with Gasteiger partial charge in [-0.15, -0.1) is 0 Å². The predicted molar refractivity (Wildman–Crippen MR) is 79.5 cm³/mol. The van der Waals surface area contributed by atoms with Crippen molar-refractivity contribution in [3.05, 3.63) is 28.2 Å². The van der Waals surface area contributed by atoms with Gasteiger partial charge in [0.2, 0.25) is 0 Å². The fourth-order valence-electron chi connectivity index (χ4n) is 2.62. The molecule has 2 rings (SSSR count). The lowest BCUT2D eigenvalue weighted by molar-refractivity contribution is 0.0940. The molecule has 0 saturated heterocycles. The third-order valence-corrected chi connectivity index (χ3v) is 5.20.